The van der Waals surface area contributed by atoms with Crippen molar-refractivity contribution in [2.45, 2.75) is 19.3 Å². The van der Waals surface area contributed by atoms with Gasteiger partial charge in [0.25, 0.3) is 0 Å². The summed E-state index contributed by atoms with van der Waals surface area (Å²) in [4.78, 5) is 27.0. The number of methoxy groups -OCH3 is 1. The number of likely N-dealkylation sites (N-methyl/N-ethyl adjacent to an activating group) is 1. The van der Waals surface area contributed by atoms with Gasteiger partial charge in [-0.3, -0.25) is 4.79 Å². The summed E-state index contributed by atoms with van der Waals surface area (Å²) in [5, 5.41) is 9.11. The van der Waals surface area contributed by atoms with Crippen molar-refractivity contribution in [3.63, 3.8) is 0 Å². The first kappa shape index (κ1) is 20.7. The Hall–Kier alpha value is -3.17. The Morgan fingerprint density at radius 1 is 1.41 bits per heavy atom. The summed E-state index contributed by atoms with van der Waals surface area (Å²) in [6, 6.07) is 3.74. The van der Waals surface area contributed by atoms with Crippen molar-refractivity contribution < 1.29 is 9.53 Å². The lowest BCUT2D eigenvalue weighted by atomic mass is 9.86. The van der Waals surface area contributed by atoms with Gasteiger partial charge in [0.05, 0.1) is 34.4 Å². The smallest absolute Gasteiger partial charge is 0.225 e. The van der Waals surface area contributed by atoms with E-state index < -0.39 is 0 Å². The number of pyridine rings is 1. The zero-order valence-electron chi connectivity index (χ0n) is 17.9. The Morgan fingerprint density at radius 2 is 2.28 bits per heavy atom. The molecular formula is C22H24ClN7O2. The molecule has 4 aromatic heterocycles. The van der Waals surface area contributed by atoms with Crippen LogP contribution in [-0.4, -0.2) is 62.7 Å². The second-order valence-electron chi connectivity index (χ2n) is 8.05. The van der Waals surface area contributed by atoms with E-state index in [9.17, 15) is 4.79 Å². The van der Waals surface area contributed by atoms with E-state index in [1.54, 1.807) is 22.7 Å². The number of aromatic amines is 1. The van der Waals surface area contributed by atoms with Crippen LogP contribution < -0.4 is 5.32 Å². The Morgan fingerprint density at radius 3 is 3.12 bits per heavy atom. The van der Waals surface area contributed by atoms with Gasteiger partial charge in [0.1, 0.15) is 17.8 Å². The summed E-state index contributed by atoms with van der Waals surface area (Å²) < 4.78 is 6.82. The van der Waals surface area contributed by atoms with E-state index in [1.807, 2.05) is 25.4 Å². The minimum Gasteiger partial charge on any atom is -0.383 e. The topological polar surface area (TPSA) is 100 Å². The maximum atomic E-state index is 12.9. The molecule has 0 bridgehead atoms. The molecule has 0 spiro atoms. The van der Waals surface area contributed by atoms with Gasteiger partial charge in [-0.25, -0.2) is 14.5 Å². The van der Waals surface area contributed by atoms with Gasteiger partial charge in [-0.15, -0.1) is 0 Å². The van der Waals surface area contributed by atoms with Crippen molar-refractivity contribution >= 4 is 45.6 Å². The predicted octanol–water partition coefficient (Wildman–Crippen LogP) is 3.21. The molecule has 2 N–H and O–H groups in total. The third kappa shape index (κ3) is 3.57. The lowest BCUT2D eigenvalue weighted by molar-refractivity contribution is -0.135. The highest BCUT2D eigenvalue weighted by Crippen LogP contribution is 2.36. The predicted molar refractivity (Wildman–Crippen MR) is 122 cm³/mol. The first-order valence-electron chi connectivity index (χ1n) is 10.5. The fraction of sp³-hybridized carbons (Fsp3) is 0.364. The van der Waals surface area contributed by atoms with Crippen LogP contribution in [0.3, 0.4) is 0 Å². The number of rotatable bonds is 6. The van der Waals surface area contributed by atoms with Gasteiger partial charge >= 0.3 is 0 Å². The van der Waals surface area contributed by atoms with Crippen molar-refractivity contribution in [3.8, 4) is 0 Å². The second-order valence-corrected chi connectivity index (χ2v) is 8.43. The summed E-state index contributed by atoms with van der Waals surface area (Å²) in [7, 11) is 3.47. The van der Waals surface area contributed by atoms with Crippen LogP contribution >= 0.6 is 11.6 Å². The zero-order valence-corrected chi connectivity index (χ0v) is 18.7. The van der Waals surface area contributed by atoms with Crippen LogP contribution in [0, 0.1) is 5.92 Å². The molecule has 5 rings (SSSR count). The summed E-state index contributed by atoms with van der Waals surface area (Å²) in [5.74, 6) is 0.789. The van der Waals surface area contributed by atoms with Gasteiger partial charge in [-0.05, 0) is 37.0 Å². The minimum absolute atomic E-state index is 0.0551. The molecule has 0 saturated carbocycles. The molecule has 0 aliphatic heterocycles. The number of hydrogen-bond donors (Lipinski definition) is 2. The van der Waals surface area contributed by atoms with Crippen LogP contribution in [0.15, 0.2) is 30.9 Å². The molecule has 9 nitrogen and oxygen atoms in total. The number of amides is 1. The van der Waals surface area contributed by atoms with Gasteiger partial charge in [-0.1, -0.05) is 11.6 Å². The van der Waals surface area contributed by atoms with Crippen LogP contribution in [0.2, 0.25) is 5.02 Å². The fourth-order valence-electron chi connectivity index (χ4n) is 4.40. The van der Waals surface area contributed by atoms with E-state index >= 15 is 0 Å². The maximum absolute atomic E-state index is 12.9. The van der Waals surface area contributed by atoms with Gasteiger partial charge in [0.2, 0.25) is 5.91 Å². The monoisotopic (exact) mass is 453 g/mol. The highest BCUT2D eigenvalue weighted by molar-refractivity contribution is 6.36. The molecule has 10 heteroatoms. The molecule has 0 radical (unpaired) electrons. The number of hydrogen-bond acceptors (Lipinski definition) is 6. The highest BCUT2D eigenvalue weighted by atomic mass is 35.5. The van der Waals surface area contributed by atoms with Crippen molar-refractivity contribution in [2.24, 2.45) is 5.92 Å². The van der Waals surface area contributed by atoms with E-state index in [-0.39, 0.29) is 11.8 Å². The molecule has 1 aliphatic rings. The van der Waals surface area contributed by atoms with Gasteiger partial charge < -0.3 is 19.9 Å². The molecule has 0 fully saturated rings. The van der Waals surface area contributed by atoms with Crippen molar-refractivity contribution in [1.29, 1.82) is 0 Å². The normalized spacial score (nSPS) is 15.8. The van der Waals surface area contributed by atoms with E-state index in [2.05, 4.69) is 25.4 Å². The number of ether oxygens (including phenoxy) is 1. The molecule has 4 heterocycles. The molecular weight excluding hydrogens is 430 g/mol. The molecule has 32 heavy (non-hydrogen) atoms. The van der Waals surface area contributed by atoms with Gasteiger partial charge in [0.15, 0.2) is 0 Å². The fourth-order valence-corrected chi connectivity index (χ4v) is 4.66. The molecule has 1 atom stereocenters. The van der Waals surface area contributed by atoms with E-state index in [0.717, 1.165) is 46.3 Å². The average Bonchev–Trinajstić information content (AvgIpc) is 3.43. The van der Waals surface area contributed by atoms with Gasteiger partial charge in [-0.2, -0.15) is 5.10 Å². The van der Waals surface area contributed by atoms with Crippen LogP contribution in [0.25, 0.3) is 16.6 Å². The number of halogens is 1. The zero-order chi connectivity index (χ0) is 22.2. The second kappa shape index (κ2) is 8.40. The largest absolute Gasteiger partial charge is 0.383 e. The summed E-state index contributed by atoms with van der Waals surface area (Å²) in [6.45, 7) is 1.12. The van der Waals surface area contributed by atoms with E-state index in [4.69, 9.17) is 16.3 Å². The summed E-state index contributed by atoms with van der Waals surface area (Å²) in [5.41, 5.74) is 4.53. The van der Waals surface area contributed by atoms with Crippen molar-refractivity contribution in [1.82, 2.24) is 29.5 Å². The lowest BCUT2D eigenvalue weighted by Gasteiger charge is -2.26. The molecule has 1 aliphatic carbocycles. The summed E-state index contributed by atoms with van der Waals surface area (Å²) >= 11 is 6.60. The third-order valence-electron chi connectivity index (χ3n) is 6.10. The number of nitrogens with one attached hydrogen (secondary N) is 2. The lowest BCUT2D eigenvalue weighted by Crippen LogP contribution is -2.37. The molecule has 0 aromatic carbocycles. The first-order valence-corrected chi connectivity index (χ1v) is 10.9. The number of aryl methyl sites for hydroxylation is 1. The number of carbonyl (C=O) groups is 1. The first-order chi connectivity index (χ1) is 15.6. The maximum Gasteiger partial charge on any atom is 0.225 e. The molecule has 4 aromatic rings. The Balaban J connectivity index is 1.44. The third-order valence-corrected chi connectivity index (χ3v) is 6.50. The molecule has 1 amide bonds. The van der Waals surface area contributed by atoms with E-state index in [1.165, 1.54) is 6.33 Å². The molecule has 166 valence electrons. The standard InChI is InChI=1S/C22H24ClN7O2/c1-29(9-10-32-2)22(31)13-3-4-14-16(11-13)28-21-18(14)20(24-12-25-21)27-15-6-8-30-17(19(15)23)5-7-26-30/h5-8,12-13H,3-4,9-11H2,1-2H3,(H2,24,25,27,28). The Bertz CT molecular complexity index is 1300. The number of carbonyl (C=O) groups excluding carboxylic acids is 1. The Labute approximate surface area is 189 Å². The van der Waals surface area contributed by atoms with Crippen molar-refractivity contribution in [3.05, 3.63) is 47.1 Å². The van der Waals surface area contributed by atoms with Crippen molar-refractivity contribution in [2.75, 3.05) is 32.6 Å². The highest BCUT2D eigenvalue weighted by Gasteiger charge is 2.30. The van der Waals surface area contributed by atoms with Crippen LogP contribution in [0.1, 0.15) is 17.7 Å². The van der Waals surface area contributed by atoms with E-state index in [0.29, 0.717) is 30.4 Å². The van der Waals surface area contributed by atoms with Gasteiger partial charge in [0, 0.05) is 38.5 Å². The quantitative estimate of drug-likeness (QED) is 0.465. The Kier molecular flexibility index (Phi) is 5.44. The number of H-pyrrole nitrogens is 1. The minimum atomic E-state index is -0.0551. The number of fused-ring (bicyclic) bond motifs is 4. The van der Waals surface area contributed by atoms with Crippen LogP contribution in [0.4, 0.5) is 11.5 Å². The number of nitrogens with zero attached hydrogens (tertiary/aromatic N) is 5. The molecule has 1 unspecified atom stereocenters. The number of aromatic nitrogens is 5. The van der Waals surface area contributed by atoms with Crippen LogP contribution in [0.5, 0.6) is 0 Å². The van der Waals surface area contributed by atoms with Crippen LogP contribution in [-0.2, 0) is 22.4 Å². The SMILES string of the molecule is COCCN(C)C(=O)C1CCc2c([nH]c3ncnc(Nc4ccn5nccc5c4Cl)c23)C1. The average molecular weight is 454 g/mol. The number of anilines is 2. The summed E-state index contributed by atoms with van der Waals surface area (Å²) in [6.07, 6.45) is 7.31. The molecule has 0 saturated heterocycles.